The van der Waals surface area contributed by atoms with Gasteiger partial charge in [0.25, 0.3) is 0 Å². The van der Waals surface area contributed by atoms with Crippen LogP contribution in [0.3, 0.4) is 0 Å². The highest BCUT2D eigenvalue weighted by Gasteiger charge is 2.57. The summed E-state index contributed by atoms with van der Waals surface area (Å²) < 4.78 is 65.8. The van der Waals surface area contributed by atoms with Crippen molar-refractivity contribution in [1.29, 1.82) is 0 Å². The van der Waals surface area contributed by atoms with Crippen molar-refractivity contribution in [3.8, 4) is 23.0 Å². The summed E-state index contributed by atoms with van der Waals surface area (Å²) in [6.07, 6.45) is 4.18. The number of hydrogen-bond donors (Lipinski definition) is 0. The predicted molar refractivity (Wildman–Crippen MR) is 241 cm³/mol. The number of benzene rings is 2. The molecule has 65 heavy (non-hydrogen) atoms. The van der Waals surface area contributed by atoms with Crippen molar-refractivity contribution >= 4 is 40.4 Å². The van der Waals surface area contributed by atoms with Crippen LogP contribution in [0.4, 0.5) is 17.2 Å². The molecule has 0 saturated carbocycles. The van der Waals surface area contributed by atoms with E-state index >= 15 is 0 Å². The number of rotatable bonds is 15. The van der Waals surface area contributed by atoms with Crippen LogP contribution in [0.2, 0.25) is 10.0 Å². The lowest BCUT2D eigenvalue weighted by atomic mass is 9.83. The van der Waals surface area contributed by atoms with Crippen molar-refractivity contribution in [3.63, 3.8) is 0 Å². The Labute approximate surface area is 390 Å². The van der Waals surface area contributed by atoms with Gasteiger partial charge in [-0.1, -0.05) is 23.2 Å². The lowest BCUT2D eigenvalue weighted by Crippen LogP contribution is -2.56. The quantitative estimate of drug-likeness (QED) is 0.179. The van der Waals surface area contributed by atoms with Crippen molar-refractivity contribution in [2.45, 2.75) is 62.3 Å². The molecule has 7 heterocycles. The molecule has 0 atom stereocenters. The maximum atomic E-state index is 7.61. The third kappa shape index (κ3) is 9.85. The topological polar surface area (TPSA) is 134 Å². The van der Waals surface area contributed by atoms with Crippen molar-refractivity contribution < 1.29 is 47.4 Å². The van der Waals surface area contributed by atoms with Crippen molar-refractivity contribution in [2.24, 2.45) is 0 Å². The smallest absolute Gasteiger partial charge is 0.231 e. The van der Waals surface area contributed by atoms with E-state index in [2.05, 4.69) is 33.7 Å². The predicted octanol–water partition coefficient (Wildman–Crippen LogP) is 5.43. The molecule has 10 rings (SSSR count). The average molecular weight is 943 g/mol. The van der Waals surface area contributed by atoms with Crippen LogP contribution in [-0.4, -0.2) is 180 Å². The molecule has 4 fully saturated rings. The number of aromatic nitrogens is 2. The van der Waals surface area contributed by atoms with Gasteiger partial charge in [0.1, 0.15) is 23.5 Å². The van der Waals surface area contributed by atoms with E-state index in [1.54, 1.807) is 30.6 Å². The Morgan fingerprint density at radius 1 is 0.662 bits per heavy atom. The Bertz CT molecular complexity index is 2000. The van der Waals surface area contributed by atoms with Gasteiger partial charge in [0.2, 0.25) is 19.4 Å². The highest BCUT2D eigenvalue weighted by Crippen LogP contribution is 2.59. The molecular weight excluding hydrogens is 881 g/mol. The van der Waals surface area contributed by atoms with E-state index in [9.17, 15) is 0 Å². The van der Waals surface area contributed by atoms with Gasteiger partial charge in [-0.2, -0.15) is 0 Å². The van der Waals surface area contributed by atoms with Crippen molar-refractivity contribution in [2.75, 3.05) is 138 Å². The fourth-order valence-electron chi connectivity index (χ4n) is 9.94. The zero-order chi connectivity index (χ0) is 44.4. The second-order valence-corrected chi connectivity index (χ2v) is 18.8. The molecule has 0 radical (unpaired) electrons. The van der Waals surface area contributed by atoms with E-state index in [1.165, 1.54) is 0 Å². The van der Waals surface area contributed by atoms with Crippen molar-refractivity contribution in [1.82, 2.24) is 29.6 Å². The Hall–Kier alpha value is -3.30. The summed E-state index contributed by atoms with van der Waals surface area (Å²) in [6, 6.07) is 7.13. The number of ether oxygens (including phenoxy) is 10. The first kappa shape index (κ1) is 45.5. The maximum Gasteiger partial charge on any atom is 0.231 e. The highest BCUT2D eigenvalue weighted by molar-refractivity contribution is 6.36. The second kappa shape index (κ2) is 20.1. The Morgan fingerprint density at radius 2 is 1.15 bits per heavy atom. The van der Waals surface area contributed by atoms with E-state index in [0.717, 1.165) is 65.4 Å². The zero-order valence-corrected chi connectivity index (χ0v) is 39.0. The van der Waals surface area contributed by atoms with Crippen molar-refractivity contribution in [3.05, 3.63) is 51.9 Å². The lowest BCUT2D eigenvalue weighted by molar-refractivity contribution is -0.358. The third-order valence-electron chi connectivity index (χ3n) is 13.6. The molecule has 1 aliphatic carbocycles. The lowest BCUT2D eigenvalue weighted by Gasteiger charge is -2.50. The molecular formula is C46H61Cl2N7O10. The van der Waals surface area contributed by atoms with Crippen LogP contribution in [0.15, 0.2) is 30.6 Å². The third-order valence-corrected chi connectivity index (χ3v) is 14.2. The molecule has 0 unspecified atom stereocenters. The zero-order valence-electron chi connectivity index (χ0n) is 37.5. The van der Waals surface area contributed by atoms with Gasteiger partial charge in [-0.25, -0.2) is 9.97 Å². The average Bonchev–Trinajstić information content (AvgIpc) is 4.00. The normalized spacial score (nSPS) is 22.9. The summed E-state index contributed by atoms with van der Waals surface area (Å²) in [7, 11) is 4.34. The molecule has 6 aliphatic heterocycles. The first-order valence-corrected chi connectivity index (χ1v) is 23.9. The Kier molecular flexibility index (Phi) is 14.1. The summed E-state index contributed by atoms with van der Waals surface area (Å²) in [5.41, 5.74) is 2.15. The maximum absolute atomic E-state index is 7.61. The molecule has 19 heteroatoms. The monoisotopic (exact) mass is 941 g/mol. The standard InChI is InChI=1S/C46H61Cl2N7O10/c1-51-11-15-53(16-12-51)19-25-62-45(63-26-20-54-17-13-52(2)14-18-54)27-36-39(46(28-45,64-32-7-21-56-22-8-32)65-33-9-23-57-24-10-33)44(50-29-49-36)55(40-34(47)3-5-37-42(40)60-30-58-37)41-35(48)4-6-38-43(41)61-31-59-38/h3-6,29,32-33H,7-28,30-31H2,1-2H3. The number of nitrogens with zero attached hydrogens (tertiary/aromatic N) is 7. The largest absolute Gasteiger partial charge is 0.454 e. The molecule has 0 N–H and O–H groups in total. The van der Waals surface area contributed by atoms with Gasteiger partial charge in [0.05, 0.1) is 53.1 Å². The van der Waals surface area contributed by atoms with Gasteiger partial charge in [0.15, 0.2) is 28.8 Å². The SMILES string of the molecule is CN1CCN(CCOC2(OCCN3CCN(C)CC3)Cc3ncnc(N(c4c(Cl)ccc5c4OCO5)c4c(Cl)ccc5c4OCO5)c3C(OC3CCOCC3)(OC3CCOCC3)C2)CC1. The minimum Gasteiger partial charge on any atom is -0.454 e. The van der Waals surface area contributed by atoms with E-state index in [1.807, 2.05) is 4.90 Å². The first-order valence-electron chi connectivity index (χ1n) is 23.2. The van der Waals surface area contributed by atoms with E-state index in [-0.39, 0.29) is 38.6 Å². The van der Waals surface area contributed by atoms with Crippen LogP contribution in [0.25, 0.3) is 0 Å². The van der Waals surface area contributed by atoms with Crippen LogP contribution in [0.1, 0.15) is 43.4 Å². The van der Waals surface area contributed by atoms with Crippen LogP contribution in [0.5, 0.6) is 23.0 Å². The number of likely N-dealkylation sites (N-methyl/N-ethyl adjacent to an activating group) is 2. The summed E-state index contributed by atoms with van der Waals surface area (Å²) in [5.74, 6) is -0.450. The van der Waals surface area contributed by atoms with E-state index in [0.29, 0.717) is 127 Å². The summed E-state index contributed by atoms with van der Waals surface area (Å²) in [5, 5.41) is 0.722. The van der Waals surface area contributed by atoms with E-state index in [4.69, 9.17) is 80.5 Å². The molecule has 4 saturated heterocycles. The van der Waals surface area contributed by atoms with E-state index < -0.39 is 11.6 Å². The van der Waals surface area contributed by atoms with Gasteiger partial charge >= 0.3 is 0 Å². The minimum atomic E-state index is -1.53. The van der Waals surface area contributed by atoms with Gasteiger partial charge in [-0.05, 0) is 64.0 Å². The first-order chi connectivity index (χ1) is 31.8. The second-order valence-electron chi connectivity index (χ2n) is 18.0. The molecule has 2 aromatic carbocycles. The molecule has 0 amide bonds. The van der Waals surface area contributed by atoms with Gasteiger partial charge in [0, 0.05) is 98.3 Å². The molecule has 354 valence electrons. The van der Waals surface area contributed by atoms with Gasteiger partial charge < -0.3 is 57.2 Å². The fourth-order valence-corrected chi connectivity index (χ4v) is 10.4. The molecule has 7 aliphatic rings. The summed E-state index contributed by atoms with van der Waals surface area (Å²) >= 11 is 14.6. The number of anilines is 3. The van der Waals surface area contributed by atoms with Gasteiger partial charge in [-0.3, -0.25) is 14.7 Å². The molecule has 17 nitrogen and oxygen atoms in total. The highest BCUT2D eigenvalue weighted by atomic mass is 35.5. The summed E-state index contributed by atoms with van der Waals surface area (Å²) in [6.45, 7) is 12.5. The fraction of sp³-hybridized carbons (Fsp3) is 0.652. The number of piperazine rings is 2. The minimum absolute atomic E-state index is 0.00174. The molecule has 0 bridgehead atoms. The van der Waals surface area contributed by atoms with Crippen LogP contribution in [0, 0.1) is 0 Å². The van der Waals surface area contributed by atoms with Crippen LogP contribution >= 0.6 is 23.2 Å². The molecule has 0 spiro atoms. The van der Waals surface area contributed by atoms with Crippen LogP contribution < -0.4 is 23.8 Å². The molecule has 3 aromatic rings. The number of hydrogen-bond acceptors (Lipinski definition) is 17. The van der Waals surface area contributed by atoms with Crippen LogP contribution in [-0.2, 0) is 40.6 Å². The Morgan fingerprint density at radius 3 is 1.65 bits per heavy atom. The summed E-state index contributed by atoms with van der Waals surface area (Å²) in [4.78, 5) is 21.8. The molecule has 1 aromatic heterocycles. The van der Waals surface area contributed by atoms with Gasteiger partial charge in [-0.15, -0.1) is 0 Å². The number of fused-ring (bicyclic) bond motifs is 3. The number of halogens is 2. The Balaban J connectivity index is 1.14.